The number of hydrogen-bond donors (Lipinski definition) is 1. The SMILES string of the molecule is CCNC(=O)[C@H](C)N(Cc1cccc(Br)c1)C(=O)CN(c1cc(Cl)ccc1C)S(=O)(=O)c1ccc(C)cc1. The first kappa shape index (κ1) is 29.7. The van der Waals surface area contributed by atoms with Gasteiger partial charge in [0.05, 0.1) is 10.6 Å². The number of anilines is 1. The molecule has 0 heterocycles. The summed E-state index contributed by atoms with van der Waals surface area (Å²) in [6.07, 6.45) is 0. The Labute approximate surface area is 238 Å². The molecule has 3 aromatic rings. The highest BCUT2D eigenvalue weighted by molar-refractivity contribution is 9.10. The number of carbonyl (C=O) groups excluding carboxylic acids is 2. The maximum absolute atomic E-state index is 13.9. The van der Waals surface area contributed by atoms with Crippen LogP contribution in [0.4, 0.5) is 5.69 Å². The Bertz CT molecular complexity index is 1410. The monoisotopic (exact) mass is 619 g/mol. The molecule has 2 amide bonds. The fourth-order valence-electron chi connectivity index (χ4n) is 3.94. The summed E-state index contributed by atoms with van der Waals surface area (Å²) in [5, 5.41) is 3.09. The highest BCUT2D eigenvalue weighted by Crippen LogP contribution is 2.30. The van der Waals surface area contributed by atoms with Crippen LogP contribution in [0.1, 0.15) is 30.5 Å². The molecule has 0 bridgehead atoms. The van der Waals surface area contributed by atoms with Gasteiger partial charge in [-0.3, -0.25) is 13.9 Å². The second-order valence-corrected chi connectivity index (χ2v) is 12.2. The Morgan fingerprint density at radius 3 is 2.34 bits per heavy atom. The van der Waals surface area contributed by atoms with E-state index < -0.39 is 28.5 Å². The first-order chi connectivity index (χ1) is 17.9. The summed E-state index contributed by atoms with van der Waals surface area (Å²) in [4.78, 5) is 28.1. The number of sulfonamides is 1. The van der Waals surface area contributed by atoms with Gasteiger partial charge >= 0.3 is 0 Å². The van der Waals surface area contributed by atoms with Crippen LogP contribution in [0, 0.1) is 13.8 Å². The van der Waals surface area contributed by atoms with E-state index in [2.05, 4.69) is 21.2 Å². The maximum Gasteiger partial charge on any atom is 0.264 e. The molecule has 0 aliphatic heterocycles. The molecule has 3 aromatic carbocycles. The normalized spacial score (nSPS) is 12.1. The summed E-state index contributed by atoms with van der Waals surface area (Å²) < 4.78 is 29.7. The Hall–Kier alpha value is -2.88. The van der Waals surface area contributed by atoms with E-state index >= 15 is 0 Å². The number of rotatable bonds is 10. The number of hydrogen-bond acceptors (Lipinski definition) is 4. The average molecular weight is 621 g/mol. The predicted molar refractivity (Wildman–Crippen MR) is 155 cm³/mol. The lowest BCUT2D eigenvalue weighted by Crippen LogP contribution is -2.51. The van der Waals surface area contributed by atoms with Gasteiger partial charge in [0, 0.05) is 22.6 Å². The number of carbonyl (C=O) groups is 2. The minimum Gasteiger partial charge on any atom is -0.355 e. The molecule has 7 nitrogen and oxygen atoms in total. The number of benzene rings is 3. The zero-order valence-electron chi connectivity index (χ0n) is 21.7. The number of halogens is 2. The van der Waals surface area contributed by atoms with Crippen molar-refractivity contribution in [3.8, 4) is 0 Å². The first-order valence-electron chi connectivity index (χ1n) is 12.1. The number of aryl methyl sites for hydroxylation is 2. The molecule has 0 fully saturated rings. The van der Waals surface area contributed by atoms with E-state index in [4.69, 9.17) is 11.6 Å². The van der Waals surface area contributed by atoms with Gasteiger partial charge in [-0.15, -0.1) is 0 Å². The molecule has 0 saturated heterocycles. The summed E-state index contributed by atoms with van der Waals surface area (Å²) >= 11 is 9.69. The van der Waals surface area contributed by atoms with Gasteiger partial charge in [0.25, 0.3) is 10.0 Å². The molecule has 3 rings (SSSR count). The lowest BCUT2D eigenvalue weighted by Gasteiger charge is -2.32. The van der Waals surface area contributed by atoms with Gasteiger partial charge in [-0.25, -0.2) is 8.42 Å². The van der Waals surface area contributed by atoms with Gasteiger partial charge in [0.15, 0.2) is 0 Å². The van der Waals surface area contributed by atoms with Crippen molar-refractivity contribution in [1.29, 1.82) is 0 Å². The Balaban J connectivity index is 2.08. The van der Waals surface area contributed by atoms with Crippen LogP contribution in [0.2, 0.25) is 5.02 Å². The van der Waals surface area contributed by atoms with E-state index in [0.29, 0.717) is 22.8 Å². The third-order valence-corrected chi connectivity index (χ3v) is 8.59. The summed E-state index contributed by atoms with van der Waals surface area (Å²) in [5.74, 6) is -0.860. The molecule has 0 radical (unpaired) electrons. The Morgan fingerprint density at radius 2 is 1.71 bits per heavy atom. The molecule has 0 aromatic heterocycles. The number of likely N-dealkylation sites (N-methyl/N-ethyl adjacent to an activating group) is 1. The number of amides is 2. The average Bonchev–Trinajstić information content (AvgIpc) is 2.87. The lowest BCUT2D eigenvalue weighted by atomic mass is 10.1. The molecular formula is C28H31BrClN3O4S. The van der Waals surface area contributed by atoms with Crippen LogP contribution in [-0.2, 0) is 26.2 Å². The van der Waals surface area contributed by atoms with E-state index in [1.807, 2.05) is 31.2 Å². The zero-order chi connectivity index (χ0) is 28.0. The third-order valence-electron chi connectivity index (χ3n) is 6.09. The van der Waals surface area contributed by atoms with Gasteiger partial charge < -0.3 is 10.2 Å². The number of nitrogens with one attached hydrogen (secondary N) is 1. The van der Waals surface area contributed by atoms with Crippen LogP contribution in [0.3, 0.4) is 0 Å². The molecule has 38 heavy (non-hydrogen) atoms. The van der Waals surface area contributed by atoms with Crippen molar-refractivity contribution in [3.05, 3.63) is 92.9 Å². The molecular weight excluding hydrogens is 590 g/mol. The summed E-state index contributed by atoms with van der Waals surface area (Å²) in [5.41, 5.74) is 2.62. The largest absolute Gasteiger partial charge is 0.355 e. The summed E-state index contributed by atoms with van der Waals surface area (Å²) in [6.45, 7) is 7.04. The zero-order valence-corrected chi connectivity index (χ0v) is 24.9. The lowest BCUT2D eigenvalue weighted by molar-refractivity contribution is -0.139. The molecule has 0 aliphatic carbocycles. The highest BCUT2D eigenvalue weighted by atomic mass is 79.9. The standard InChI is InChI=1S/C28H31BrClN3O4S/c1-5-31-28(35)21(4)32(17-22-7-6-8-23(29)15-22)27(34)18-33(26-16-24(30)12-11-20(26)3)38(36,37)25-13-9-19(2)10-14-25/h6-16,21H,5,17-18H2,1-4H3,(H,31,35)/t21-/m0/s1. The summed E-state index contributed by atoms with van der Waals surface area (Å²) in [7, 11) is -4.16. The molecule has 0 spiro atoms. The van der Waals surface area contributed by atoms with Crippen molar-refractivity contribution >= 4 is 55.1 Å². The van der Waals surface area contributed by atoms with Gasteiger partial charge in [-0.05, 0) is 75.2 Å². The highest BCUT2D eigenvalue weighted by Gasteiger charge is 2.33. The minimum atomic E-state index is -4.16. The first-order valence-corrected chi connectivity index (χ1v) is 14.7. The molecule has 0 aliphatic rings. The van der Waals surface area contributed by atoms with E-state index in [9.17, 15) is 18.0 Å². The third kappa shape index (κ3) is 7.15. The van der Waals surface area contributed by atoms with Crippen LogP contribution in [-0.4, -0.2) is 44.3 Å². The smallest absolute Gasteiger partial charge is 0.264 e. The van der Waals surface area contributed by atoms with Crippen LogP contribution in [0.5, 0.6) is 0 Å². The minimum absolute atomic E-state index is 0.0468. The van der Waals surface area contributed by atoms with Gasteiger partial charge in [0.2, 0.25) is 11.8 Å². The molecule has 202 valence electrons. The predicted octanol–water partition coefficient (Wildman–Crippen LogP) is 5.47. The van der Waals surface area contributed by atoms with Crippen molar-refractivity contribution < 1.29 is 18.0 Å². The van der Waals surface area contributed by atoms with Crippen molar-refractivity contribution in [2.24, 2.45) is 0 Å². The maximum atomic E-state index is 13.9. The molecule has 0 saturated carbocycles. The van der Waals surface area contributed by atoms with Gasteiger partial charge in [-0.2, -0.15) is 0 Å². The molecule has 1 N–H and O–H groups in total. The van der Waals surface area contributed by atoms with E-state index in [1.54, 1.807) is 45.0 Å². The van der Waals surface area contributed by atoms with Crippen LogP contribution in [0.15, 0.2) is 76.1 Å². The van der Waals surface area contributed by atoms with Crippen LogP contribution >= 0.6 is 27.5 Å². The van der Waals surface area contributed by atoms with Crippen molar-refractivity contribution in [1.82, 2.24) is 10.2 Å². The molecule has 1 atom stereocenters. The molecule has 10 heteroatoms. The van der Waals surface area contributed by atoms with Crippen LogP contribution < -0.4 is 9.62 Å². The van der Waals surface area contributed by atoms with E-state index in [-0.39, 0.29) is 17.3 Å². The van der Waals surface area contributed by atoms with E-state index in [1.165, 1.54) is 23.1 Å². The fourth-order valence-corrected chi connectivity index (χ4v) is 6.02. The quantitative estimate of drug-likeness (QED) is 0.326. The Kier molecular flexibility index (Phi) is 9.98. The second kappa shape index (κ2) is 12.8. The number of nitrogens with zero attached hydrogens (tertiary/aromatic N) is 2. The summed E-state index contributed by atoms with van der Waals surface area (Å²) in [6, 6.07) is 17.9. The van der Waals surface area contributed by atoms with Crippen molar-refractivity contribution in [2.45, 2.75) is 45.2 Å². The van der Waals surface area contributed by atoms with Crippen molar-refractivity contribution in [2.75, 3.05) is 17.4 Å². The second-order valence-electron chi connectivity index (χ2n) is 8.98. The van der Waals surface area contributed by atoms with Crippen LogP contribution in [0.25, 0.3) is 0 Å². The van der Waals surface area contributed by atoms with Gasteiger partial charge in [-0.1, -0.05) is 63.4 Å². The van der Waals surface area contributed by atoms with E-state index in [0.717, 1.165) is 19.9 Å². The topological polar surface area (TPSA) is 86.8 Å². The van der Waals surface area contributed by atoms with Crippen molar-refractivity contribution in [3.63, 3.8) is 0 Å². The fraction of sp³-hybridized carbons (Fsp3) is 0.286. The van der Waals surface area contributed by atoms with Gasteiger partial charge in [0.1, 0.15) is 12.6 Å². The molecule has 0 unspecified atom stereocenters. The Morgan fingerprint density at radius 1 is 1.03 bits per heavy atom.